The van der Waals surface area contributed by atoms with E-state index < -0.39 is 22.5 Å². The van der Waals surface area contributed by atoms with Crippen molar-refractivity contribution in [1.29, 1.82) is 0 Å². The van der Waals surface area contributed by atoms with E-state index in [4.69, 9.17) is 32.7 Å². The molecule has 2 aromatic carbocycles. The molecule has 0 saturated carbocycles. The lowest BCUT2D eigenvalue weighted by Crippen LogP contribution is -2.37. The molecule has 0 aliphatic carbocycles. The zero-order valence-corrected chi connectivity index (χ0v) is 18.0. The summed E-state index contributed by atoms with van der Waals surface area (Å²) in [6.07, 6.45) is -0.373. The van der Waals surface area contributed by atoms with Crippen molar-refractivity contribution in [1.82, 2.24) is 0 Å². The number of rotatable bonds is 8. The summed E-state index contributed by atoms with van der Waals surface area (Å²) in [7, 11) is -4.10. The molecule has 0 aliphatic heterocycles. The van der Waals surface area contributed by atoms with E-state index in [1.807, 2.05) is 6.92 Å². The van der Waals surface area contributed by atoms with Gasteiger partial charge in [0, 0.05) is 0 Å². The molecule has 0 N–H and O–H groups in total. The minimum Gasteiger partial charge on any atom is -0.494 e. The number of halogens is 2. The number of esters is 1. The first-order valence-corrected chi connectivity index (χ1v) is 10.7. The number of hydrogen-bond acceptors (Lipinski definition) is 5. The number of carbonyl (C=O) groups is 1. The van der Waals surface area contributed by atoms with Gasteiger partial charge in [-0.1, -0.05) is 23.2 Å². The molecule has 0 radical (unpaired) electrons. The number of benzene rings is 2. The van der Waals surface area contributed by atoms with E-state index in [1.54, 1.807) is 38.1 Å². The van der Waals surface area contributed by atoms with E-state index in [0.717, 1.165) is 4.31 Å². The molecule has 6 nitrogen and oxygen atoms in total. The van der Waals surface area contributed by atoms with Crippen LogP contribution in [0.3, 0.4) is 0 Å². The SMILES string of the molecule is CCOc1ccc(N(CC(=O)OC(C)C)S(=O)(=O)c2ccc(Cl)c(Cl)c2)cc1. The third-order valence-electron chi connectivity index (χ3n) is 3.55. The van der Waals surface area contributed by atoms with Gasteiger partial charge < -0.3 is 9.47 Å². The van der Waals surface area contributed by atoms with Crippen LogP contribution in [0.15, 0.2) is 47.4 Å². The maximum absolute atomic E-state index is 13.2. The number of carbonyl (C=O) groups excluding carboxylic acids is 1. The molecule has 0 aromatic heterocycles. The normalized spacial score (nSPS) is 11.4. The maximum atomic E-state index is 13.2. The zero-order valence-electron chi connectivity index (χ0n) is 15.7. The second-order valence-corrected chi connectivity index (χ2v) is 8.73. The lowest BCUT2D eigenvalue weighted by atomic mass is 10.3. The van der Waals surface area contributed by atoms with Crippen LogP contribution >= 0.6 is 23.2 Å². The lowest BCUT2D eigenvalue weighted by molar-refractivity contribution is -0.145. The van der Waals surface area contributed by atoms with Gasteiger partial charge in [0.25, 0.3) is 10.0 Å². The molecule has 9 heteroatoms. The highest BCUT2D eigenvalue weighted by molar-refractivity contribution is 7.92. The van der Waals surface area contributed by atoms with Crippen molar-refractivity contribution in [2.75, 3.05) is 17.5 Å². The lowest BCUT2D eigenvalue weighted by Gasteiger charge is -2.24. The molecule has 2 aromatic rings. The molecule has 0 spiro atoms. The summed E-state index contributed by atoms with van der Waals surface area (Å²) in [6.45, 7) is 5.20. The largest absolute Gasteiger partial charge is 0.494 e. The fraction of sp³-hybridized carbons (Fsp3) is 0.316. The van der Waals surface area contributed by atoms with Crippen molar-refractivity contribution in [2.24, 2.45) is 0 Å². The molecule has 0 aliphatic rings. The first-order chi connectivity index (χ1) is 13.1. The Morgan fingerprint density at radius 2 is 1.71 bits per heavy atom. The van der Waals surface area contributed by atoms with Crippen LogP contribution in [-0.4, -0.2) is 33.6 Å². The van der Waals surface area contributed by atoms with Gasteiger partial charge in [0.15, 0.2) is 0 Å². The van der Waals surface area contributed by atoms with Crippen LogP contribution in [0.5, 0.6) is 5.75 Å². The second kappa shape index (κ2) is 9.49. The molecule has 0 atom stereocenters. The summed E-state index contributed by atoms with van der Waals surface area (Å²) >= 11 is 11.9. The Hall–Kier alpha value is -1.96. The number of nitrogens with zero attached hydrogens (tertiary/aromatic N) is 1. The van der Waals surface area contributed by atoms with Gasteiger partial charge >= 0.3 is 5.97 Å². The standard InChI is InChI=1S/C19H21Cl2NO5S/c1-4-26-15-7-5-14(6-8-15)22(12-19(23)27-13(2)3)28(24,25)16-9-10-17(20)18(21)11-16/h5-11,13H,4,12H2,1-3H3. The minimum atomic E-state index is -4.10. The van der Waals surface area contributed by atoms with Gasteiger partial charge in [0.1, 0.15) is 12.3 Å². The number of sulfonamides is 1. The summed E-state index contributed by atoms with van der Waals surface area (Å²) in [5, 5.41) is 0.326. The van der Waals surface area contributed by atoms with Crippen molar-refractivity contribution >= 4 is 44.9 Å². The first-order valence-electron chi connectivity index (χ1n) is 8.55. The Bertz CT molecular complexity index is 930. The average molecular weight is 446 g/mol. The van der Waals surface area contributed by atoms with Crippen LogP contribution < -0.4 is 9.04 Å². The molecule has 28 heavy (non-hydrogen) atoms. The number of anilines is 1. The highest BCUT2D eigenvalue weighted by atomic mass is 35.5. The highest BCUT2D eigenvalue weighted by Gasteiger charge is 2.28. The fourth-order valence-electron chi connectivity index (χ4n) is 2.37. The topological polar surface area (TPSA) is 72.9 Å². The van der Waals surface area contributed by atoms with E-state index in [2.05, 4.69) is 0 Å². The van der Waals surface area contributed by atoms with Crippen LogP contribution in [0.25, 0.3) is 0 Å². The number of ether oxygens (including phenoxy) is 2. The summed E-state index contributed by atoms with van der Waals surface area (Å²) in [4.78, 5) is 12.1. The van der Waals surface area contributed by atoms with Crippen LogP contribution in [0.1, 0.15) is 20.8 Å². The summed E-state index contributed by atoms with van der Waals surface area (Å²) in [5.41, 5.74) is 0.287. The van der Waals surface area contributed by atoms with Crippen LogP contribution in [0.2, 0.25) is 10.0 Å². The van der Waals surface area contributed by atoms with Crippen LogP contribution in [-0.2, 0) is 19.6 Å². The maximum Gasteiger partial charge on any atom is 0.327 e. The van der Waals surface area contributed by atoms with Gasteiger partial charge in [-0.15, -0.1) is 0 Å². The Morgan fingerprint density at radius 3 is 2.25 bits per heavy atom. The van der Waals surface area contributed by atoms with Crippen molar-refractivity contribution in [3.63, 3.8) is 0 Å². The van der Waals surface area contributed by atoms with Gasteiger partial charge in [0.05, 0.1) is 33.3 Å². The van der Waals surface area contributed by atoms with Crippen molar-refractivity contribution in [2.45, 2.75) is 31.8 Å². The van der Waals surface area contributed by atoms with Gasteiger partial charge in [-0.3, -0.25) is 9.10 Å². The fourth-order valence-corrected chi connectivity index (χ4v) is 4.17. The van der Waals surface area contributed by atoms with Crippen LogP contribution in [0.4, 0.5) is 5.69 Å². The van der Waals surface area contributed by atoms with E-state index in [0.29, 0.717) is 12.4 Å². The summed E-state index contributed by atoms with van der Waals surface area (Å²) < 4.78 is 37.9. The Labute approximate surface area is 175 Å². The Kier molecular flexibility index (Phi) is 7.57. The Morgan fingerprint density at radius 1 is 1.07 bits per heavy atom. The van der Waals surface area contributed by atoms with Gasteiger partial charge in [-0.25, -0.2) is 8.42 Å². The highest BCUT2D eigenvalue weighted by Crippen LogP contribution is 2.30. The van der Waals surface area contributed by atoms with Crippen molar-refractivity contribution in [3.8, 4) is 5.75 Å². The zero-order chi connectivity index (χ0) is 20.9. The summed E-state index contributed by atoms with van der Waals surface area (Å²) in [5.74, 6) is -0.0876. The van der Waals surface area contributed by atoms with Crippen molar-refractivity contribution < 1.29 is 22.7 Å². The van der Waals surface area contributed by atoms with E-state index in [9.17, 15) is 13.2 Å². The first kappa shape index (κ1) is 22.3. The molecule has 0 unspecified atom stereocenters. The van der Waals surface area contributed by atoms with E-state index in [-0.39, 0.29) is 26.7 Å². The molecular formula is C19H21Cl2NO5S. The predicted molar refractivity (Wildman–Crippen MR) is 110 cm³/mol. The molecular weight excluding hydrogens is 425 g/mol. The predicted octanol–water partition coefficient (Wildman–Crippen LogP) is 4.54. The van der Waals surface area contributed by atoms with E-state index >= 15 is 0 Å². The third kappa shape index (κ3) is 5.53. The molecule has 0 saturated heterocycles. The summed E-state index contributed by atoms with van der Waals surface area (Å²) in [6, 6.07) is 10.3. The van der Waals surface area contributed by atoms with Gasteiger partial charge in [-0.05, 0) is 63.2 Å². The van der Waals surface area contributed by atoms with Crippen LogP contribution in [0, 0.1) is 0 Å². The number of hydrogen-bond donors (Lipinski definition) is 0. The Balaban J connectivity index is 2.46. The quantitative estimate of drug-likeness (QED) is 0.557. The molecule has 152 valence electrons. The smallest absolute Gasteiger partial charge is 0.327 e. The third-order valence-corrected chi connectivity index (χ3v) is 6.06. The molecule has 2 rings (SSSR count). The molecule has 0 fully saturated rings. The van der Waals surface area contributed by atoms with Gasteiger partial charge in [-0.2, -0.15) is 0 Å². The average Bonchev–Trinajstić information content (AvgIpc) is 2.62. The molecule has 0 amide bonds. The van der Waals surface area contributed by atoms with Crippen molar-refractivity contribution in [3.05, 3.63) is 52.5 Å². The monoisotopic (exact) mass is 445 g/mol. The minimum absolute atomic E-state index is 0.0897. The van der Waals surface area contributed by atoms with Gasteiger partial charge in [0.2, 0.25) is 0 Å². The van der Waals surface area contributed by atoms with E-state index in [1.165, 1.54) is 18.2 Å². The molecule has 0 bridgehead atoms. The second-order valence-electron chi connectivity index (χ2n) is 6.05. The molecule has 0 heterocycles.